The smallest absolute Gasteiger partial charge is 0.322 e. The average molecular weight is 279 g/mol. The van der Waals surface area contributed by atoms with Gasteiger partial charge in [-0.2, -0.15) is 15.0 Å². The number of rotatable bonds is 2. The Morgan fingerprint density at radius 3 is 2.55 bits per heavy atom. The third-order valence-corrected chi connectivity index (χ3v) is 4.04. The molecule has 0 aliphatic carbocycles. The predicted octanol–water partition coefficient (Wildman–Crippen LogP) is 2.11. The fraction of sp³-hybridized carbons (Fsp3) is 0.786. The summed E-state index contributed by atoms with van der Waals surface area (Å²) in [4.78, 5) is 14.7. The van der Waals surface area contributed by atoms with E-state index in [1.165, 1.54) is 13.5 Å². The lowest BCUT2D eigenvalue weighted by molar-refractivity contribution is 0.220. The summed E-state index contributed by atoms with van der Waals surface area (Å²) >= 11 is 0. The number of ether oxygens (including phenoxy) is 1. The lowest BCUT2D eigenvalue weighted by Gasteiger charge is -2.29. The molecule has 1 aromatic heterocycles. The summed E-state index contributed by atoms with van der Waals surface area (Å²) in [6.45, 7) is 8.86. The van der Waals surface area contributed by atoms with E-state index in [0.29, 0.717) is 11.4 Å². The van der Waals surface area contributed by atoms with E-state index in [4.69, 9.17) is 10.5 Å². The van der Waals surface area contributed by atoms with Gasteiger partial charge in [-0.05, 0) is 30.6 Å². The monoisotopic (exact) mass is 279 g/mol. The number of nitrogens with zero attached hydrogens (tertiary/aromatic N) is 4. The normalized spacial score (nSPS) is 20.6. The van der Waals surface area contributed by atoms with Gasteiger partial charge in [0.1, 0.15) is 0 Å². The van der Waals surface area contributed by atoms with Gasteiger partial charge in [0.15, 0.2) is 0 Å². The largest absolute Gasteiger partial charge is 0.467 e. The molecule has 0 amide bonds. The molecule has 6 heteroatoms. The van der Waals surface area contributed by atoms with Crippen molar-refractivity contribution >= 4 is 11.9 Å². The Morgan fingerprint density at radius 2 is 1.90 bits per heavy atom. The van der Waals surface area contributed by atoms with Crippen molar-refractivity contribution in [3.63, 3.8) is 0 Å². The van der Waals surface area contributed by atoms with Crippen LogP contribution in [0.4, 0.5) is 11.9 Å². The lowest BCUT2D eigenvalue weighted by Crippen LogP contribution is -2.28. The number of nitrogen functional groups attached to an aromatic ring is 1. The van der Waals surface area contributed by atoms with E-state index >= 15 is 0 Å². The summed E-state index contributed by atoms with van der Waals surface area (Å²) in [6, 6.07) is 0.282. The Morgan fingerprint density at radius 1 is 1.15 bits per heavy atom. The van der Waals surface area contributed by atoms with Gasteiger partial charge in [0.2, 0.25) is 11.9 Å². The lowest BCUT2D eigenvalue weighted by atomic mass is 9.77. The molecule has 20 heavy (non-hydrogen) atoms. The third-order valence-electron chi connectivity index (χ3n) is 4.04. The molecule has 2 rings (SSSR count). The highest BCUT2D eigenvalue weighted by Gasteiger charge is 2.28. The van der Waals surface area contributed by atoms with E-state index in [1.807, 2.05) is 0 Å². The first-order chi connectivity index (χ1) is 9.40. The van der Waals surface area contributed by atoms with E-state index in [1.54, 1.807) is 0 Å². The van der Waals surface area contributed by atoms with Crippen molar-refractivity contribution in [1.82, 2.24) is 15.0 Å². The molecule has 6 nitrogen and oxygen atoms in total. The van der Waals surface area contributed by atoms with Crippen LogP contribution in [0.15, 0.2) is 0 Å². The minimum absolute atomic E-state index is 0.212. The zero-order valence-electron chi connectivity index (χ0n) is 12.9. The zero-order valence-corrected chi connectivity index (χ0v) is 12.9. The highest BCUT2D eigenvalue weighted by molar-refractivity contribution is 5.36. The van der Waals surface area contributed by atoms with Crippen LogP contribution in [0.3, 0.4) is 0 Å². The number of hydrogen-bond acceptors (Lipinski definition) is 6. The van der Waals surface area contributed by atoms with Crippen molar-refractivity contribution < 1.29 is 4.74 Å². The van der Waals surface area contributed by atoms with Gasteiger partial charge in [-0.15, -0.1) is 0 Å². The van der Waals surface area contributed by atoms with Gasteiger partial charge in [-0.25, -0.2) is 0 Å². The molecule has 1 aliphatic rings. The molecule has 0 saturated carbocycles. The van der Waals surface area contributed by atoms with Crippen molar-refractivity contribution in [2.75, 3.05) is 30.8 Å². The van der Waals surface area contributed by atoms with Crippen molar-refractivity contribution in [3.05, 3.63) is 0 Å². The summed E-state index contributed by atoms with van der Waals surface area (Å²) in [5.74, 6) is 1.57. The van der Waals surface area contributed by atoms with Crippen LogP contribution in [0.25, 0.3) is 0 Å². The Kier molecular flexibility index (Phi) is 4.30. The van der Waals surface area contributed by atoms with Gasteiger partial charge >= 0.3 is 6.01 Å². The van der Waals surface area contributed by atoms with Crippen molar-refractivity contribution in [2.24, 2.45) is 11.3 Å². The minimum atomic E-state index is 0.212. The van der Waals surface area contributed by atoms with Gasteiger partial charge in [-0.3, -0.25) is 0 Å². The molecule has 0 aromatic carbocycles. The standard InChI is InChI=1S/C14H25N5O/c1-14(2,3)10-6-5-8-19(9-7-10)12-16-11(15)17-13(18-12)20-4/h10H,5-9H2,1-4H3,(H2,15,16,17,18). The predicted molar refractivity (Wildman–Crippen MR) is 79.8 cm³/mol. The van der Waals surface area contributed by atoms with Gasteiger partial charge in [-0.1, -0.05) is 20.8 Å². The first kappa shape index (κ1) is 14.8. The number of methoxy groups -OCH3 is 1. The van der Waals surface area contributed by atoms with Crippen molar-refractivity contribution in [1.29, 1.82) is 0 Å². The van der Waals surface area contributed by atoms with Crippen LogP contribution < -0.4 is 15.4 Å². The van der Waals surface area contributed by atoms with E-state index < -0.39 is 0 Å². The summed E-state index contributed by atoms with van der Waals surface area (Å²) in [5.41, 5.74) is 6.06. The second kappa shape index (κ2) is 5.81. The molecular formula is C14H25N5O. The van der Waals surface area contributed by atoms with Crippen LogP contribution in [0.5, 0.6) is 6.01 Å². The summed E-state index contributed by atoms with van der Waals surface area (Å²) in [7, 11) is 1.54. The molecule has 1 aliphatic heterocycles. The van der Waals surface area contributed by atoms with Crippen LogP contribution in [0.1, 0.15) is 40.0 Å². The molecule has 2 N–H and O–H groups in total. The number of nitrogens with two attached hydrogens (primary N) is 1. The van der Waals surface area contributed by atoms with Crippen molar-refractivity contribution in [3.8, 4) is 6.01 Å². The summed E-state index contributed by atoms with van der Waals surface area (Å²) < 4.78 is 5.06. The molecule has 1 saturated heterocycles. The van der Waals surface area contributed by atoms with Crippen LogP contribution in [-0.4, -0.2) is 35.2 Å². The van der Waals surface area contributed by atoms with Gasteiger partial charge in [0, 0.05) is 13.1 Å². The Balaban J connectivity index is 2.12. The second-order valence-electron chi connectivity index (χ2n) is 6.46. The maximum absolute atomic E-state index is 5.71. The van der Waals surface area contributed by atoms with E-state index in [9.17, 15) is 0 Å². The highest BCUT2D eigenvalue weighted by Crippen LogP contribution is 2.34. The van der Waals surface area contributed by atoms with Crippen LogP contribution in [0.2, 0.25) is 0 Å². The molecule has 1 atom stereocenters. The molecule has 112 valence electrons. The van der Waals surface area contributed by atoms with Crippen LogP contribution in [0, 0.1) is 11.3 Å². The van der Waals surface area contributed by atoms with E-state index in [2.05, 4.69) is 40.6 Å². The van der Waals surface area contributed by atoms with Crippen molar-refractivity contribution in [2.45, 2.75) is 40.0 Å². The molecule has 1 unspecified atom stereocenters. The maximum atomic E-state index is 5.71. The SMILES string of the molecule is COc1nc(N)nc(N2CCCC(C(C)(C)C)CC2)n1. The molecule has 1 aromatic rings. The first-order valence-electron chi connectivity index (χ1n) is 7.20. The van der Waals surface area contributed by atoms with Crippen LogP contribution >= 0.6 is 0 Å². The number of hydrogen-bond donors (Lipinski definition) is 1. The number of aromatic nitrogens is 3. The minimum Gasteiger partial charge on any atom is -0.467 e. The van der Waals surface area contributed by atoms with E-state index in [0.717, 1.165) is 31.8 Å². The quantitative estimate of drug-likeness (QED) is 0.893. The molecular weight excluding hydrogens is 254 g/mol. The summed E-state index contributed by atoms with van der Waals surface area (Å²) in [5, 5.41) is 0. The fourth-order valence-corrected chi connectivity index (χ4v) is 2.76. The molecule has 0 radical (unpaired) electrons. The molecule has 0 spiro atoms. The highest BCUT2D eigenvalue weighted by atomic mass is 16.5. The van der Waals surface area contributed by atoms with Gasteiger partial charge in [0.25, 0.3) is 0 Å². The molecule has 1 fully saturated rings. The van der Waals surface area contributed by atoms with E-state index in [-0.39, 0.29) is 12.0 Å². The Labute approximate surface area is 120 Å². The number of anilines is 2. The molecule has 2 heterocycles. The van der Waals surface area contributed by atoms with Gasteiger partial charge < -0.3 is 15.4 Å². The van der Waals surface area contributed by atoms with Crippen LogP contribution in [-0.2, 0) is 0 Å². The van der Waals surface area contributed by atoms with Gasteiger partial charge in [0.05, 0.1) is 7.11 Å². The Hall–Kier alpha value is -1.59. The topological polar surface area (TPSA) is 77.2 Å². The average Bonchev–Trinajstić information content (AvgIpc) is 2.63. The Bertz CT molecular complexity index is 457. The first-order valence-corrected chi connectivity index (χ1v) is 7.20. The third kappa shape index (κ3) is 3.49. The fourth-order valence-electron chi connectivity index (χ4n) is 2.76. The maximum Gasteiger partial charge on any atom is 0.322 e. The molecule has 0 bridgehead atoms. The summed E-state index contributed by atoms with van der Waals surface area (Å²) in [6.07, 6.45) is 3.55. The second-order valence-corrected chi connectivity index (χ2v) is 6.46. The zero-order chi connectivity index (χ0) is 14.8.